The SMILES string of the molecule is CCOc1cc(F)ccc1NCc1cccnc1. The summed E-state index contributed by atoms with van der Waals surface area (Å²) in [6, 6.07) is 8.33. The first-order valence-electron chi connectivity index (χ1n) is 5.84. The van der Waals surface area contributed by atoms with Crippen LogP contribution in [0.4, 0.5) is 10.1 Å². The van der Waals surface area contributed by atoms with Gasteiger partial charge >= 0.3 is 0 Å². The van der Waals surface area contributed by atoms with Crippen LogP contribution in [0.25, 0.3) is 0 Å². The van der Waals surface area contributed by atoms with Crippen LogP contribution in [0.15, 0.2) is 42.7 Å². The molecule has 0 radical (unpaired) electrons. The Hall–Kier alpha value is -2.10. The lowest BCUT2D eigenvalue weighted by Crippen LogP contribution is -2.03. The Labute approximate surface area is 106 Å². The molecule has 0 fully saturated rings. The third-order valence-corrected chi connectivity index (χ3v) is 2.45. The Balaban J connectivity index is 2.09. The summed E-state index contributed by atoms with van der Waals surface area (Å²) in [4.78, 5) is 4.04. The fourth-order valence-electron chi connectivity index (χ4n) is 1.62. The molecular weight excluding hydrogens is 231 g/mol. The highest BCUT2D eigenvalue weighted by Crippen LogP contribution is 2.25. The van der Waals surface area contributed by atoms with Crippen LogP contribution in [0.1, 0.15) is 12.5 Å². The van der Waals surface area contributed by atoms with Gasteiger partial charge in [0.1, 0.15) is 11.6 Å². The molecule has 0 atom stereocenters. The molecule has 1 heterocycles. The third kappa shape index (κ3) is 3.20. The second-order valence-corrected chi connectivity index (χ2v) is 3.79. The number of ether oxygens (including phenoxy) is 1. The average molecular weight is 246 g/mol. The Morgan fingerprint density at radius 3 is 2.94 bits per heavy atom. The van der Waals surface area contributed by atoms with Crippen LogP contribution in [0.2, 0.25) is 0 Å². The van der Waals surface area contributed by atoms with Crippen molar-refractivity contribution in [2.24, 2.45) is 0 Å². The number of aromatic nitrogens is 1. The third-order valence-electron chi connectivity index (χ3n) is 2.45. The highest BCUT2D eigenvalue weighted by Gasteiger charge is 2.04. The quantitative estimate of drug-likeness (QED) is 0.879. The van der Waals surface area contributed by atoms with Crippen LogP contribution >= 0.6 is 0 Å². The second-order valence-electron chi connectivity index (χ2n) is 3.79. The van der Waals surface area contributed by atoms with Crippen molar-refractivity contribution in [2.45, 2.75) is 13.5 Å². The average Bonchev–Trinajstić information content (AvgIpc) is 2.39. The van der Waals surface area contributed by atoms with Gasteiger partial charge in [0.25, 0.3) is 0 Å². The Morgan fingerprint density at radius 2 is 2.22 bits per heavy atom. The van der Waals surface area contributed by atoms with Crippen molar-refractivity contribution in [3.05, 3.63) is 54.1 Å². The minimum Gasteiger partial charge on any atom is -0.492 e. The van der Waals surface area contributed by atoms with Crippen molar-refractivity contribution < 1.29 is 9.13 Å². The second kappa shape index (κ2) is 6.00. The van der Waals surface area contributed by atoms with Crippen LogP contribution < -0.4 is 10.1 Å². The zero-order valence-electron chi connectivity index (χ0n) is 10.2. The van der Waals surface area contributed by atoms with E-state index < -0.39 is 0 Å². The number of anilines is 1. The van der Waals surface area contributed by atoms with Gasteiger partial charge in [0.2, 0.25) is 0 Å². The molecule has 1 N–H and O–H groups in total. The summed E-state index contributed by atoms with van der Waals surface area (Å²) < 4.78 is 18.5. The molecule has 4 heteroatoms. The van der Waals surface area contributed by atoms with Gasteiger partial charge in [-0.3, -0.25) is 4.98 Å². The van der Waals surface area contributed by atoms with E-state index in [1.54, 1.807) is 18.5 Å². The monoisotopic (exact) mass is 246 g/mol. The van der Waals surface area contributed by atoms with Gasteiger partial charge in [-0.1, -0.05) is 6.07 Å². The smallest absolute Gasteiger partial charge is 0.145 e. The van der Waals surface area contributed by atoms with Gasteiger partial charge < -0.3 is 10.1 Å². The molecule has 0 aliphatic carbocycles. The Bertz CT molecular complexity index is 502. The van der Waals surface area contributed by atoms with Crippen molar-refractivity contribution in [1.29, 1.82) is 0 Å². The molecule has 94 valence electrons. The van der Waals surface area contributed by atoms with E-state index in [1.807, 2.05) is 19.1 Å². The molecule has 0 aliphatic rings. The van der Waals surface area contributed by atoms with E-state index in [9.17, 15) is 4.39 Å². The van der Waals surface area contributed by atoms with Crippen molar-refractivity contribution in [1.82, 2.24) is 4.98 Å². The maximum Gasteiger partial charge on any atom is 0.145 e. The van der Waals surface area contributed by atoms with E-state index in [4.69, 9.17) is 4.74 Å². The highest BCUT2D eigenvalue weighted by molar-refractivity contribution is 5.56. The summed E-state index contributed by atoms with van der Waals surface area (Å²) in [6.45, 7) is 3.00. The summed E-state index contributed by atoms with van der Waals surface area (Å²) in [5, 5.41) is 3.21. The zero-order chi connectivity index (χ0) is 12.8. The van der Waals surface area contributed by atoms with Crippen molar-refractivity contribution >= 4 is 5.69 Å². The van der Waals surface area contributed by atoms with Crippen LogP contribution in [0.5, 0.6) is 5.75 Å². The minimum absolute atomic E-state index is 0.301. The van der Waals surface area contributed by atoms with E-state index in [1.165, 1.54) is 12.1 Å². The van der Waals surface area contributed by atoms with Gasteiger partial charge in [0.05, 0.1) is 12.3 Å². The molecule has 3 nitrogen and oxygen atoms in total. The number of hydrogen-bond donors (Lipinski definition) is 1. The molecule has 0 amide bonds. The maximum atomic E-state index is 13.1. The summed E-state index contributed by atoms with van der Waals surface area (Å²) in [5.41, 5.74) is 1.84. The van der Waals surface area contributed by atoms with E-state index in [0.717, 1.165) is 11.3 Å². The van der Waals surface area contributed by atoms with Crippen molar-refractivity contribution in [2.75, 3.05) is 11.9 Å². The van der Waals surface area contributed by atoms with Crippen molar-refractivity contribution in [3.8, 4) is 5.75 Å². The molecule has 1 aromatic carbocycles. The predicted octanol–water partition coefficient (Wildman–Crippen LogP) is 3.23. The topological polar surface area (TPSA) is 34.1 Å². The van der Waals surface area contributed by atoms with Crippen LogP contribution in [-0.4, -0.2) is 11.6 Å². The predicted molar refractivity (Wildman–Crippen MR) is 69.1 cm³/mol. The molecular formula is C14H15FN2O. The summed E-state index contributed by atoms with van der Waals surface area (Å²) in [6.07, 6.45) is 3.52. The molecule has 2 rings (SSSR count). The van der Waals surface area contributed by atoms with Gasteiger partial charge in [0.15, 0.2) is 0 Å². The number of hydrogen-bond acceptors (Lipinski definition) is 3. The molecule has 0 spiro atoms. The first kappa shape index (κ1) is 12.4. The number of halogens is 1. The Kier molecular flexibility index (Phi) is 4.12. The molecule has 0 saturated carbocycles. The number of nitrogens with one attached hydrogen (secondary N) is 1. The lowest BCUT2D eigenvalue weighted by Gasteiger charge is -2.12. The van der Waals surface area contributed by atoms with Crippen LogP contribution in [-0.2, 0) is 6.54 Å². The zero-order valence-corrected chi connectivity index (χ0v) is 10.2. The molecule has 0 aliphatic heterocycles. The molecule has 1 aromatic heterocycles. The normalized spacial score (nSPS) is 10.1. The molecule has 0 bridgehead atoms. The lowest BCUT2D eigenvalue weighted by molar-refractivity contribution is 0.340. The number of rotatable bonds is 5. The van der Waals surface area contributed by atoms with Gasteiger partial charge in [0, 0.05) is 25.0 Å². The van der Waals surface area contributed by atoms with Crippen LogP contribution in [0, 0.1) is 5.82 Å². The summed E-state index contributed by atoms with van der Waals surface area (Å²) in [5.74, 6) is 0.228. The first-order chi connectivity index (χ1) is 8.79. The van der Waals surface area contributed by atoms with E-state index in [-0.39, 0.29) is 5.82 Å². The summed E-state index contributed by atoms with van der Waals surface area (Å²) in [7, 11) is 0. The van der Waals surface area contributed by atoms with Gasteiger partial charge in [-0.25, -0.2) is 4.39 Å². The standard InChI is InChI=1S/C14H15FN2O/c1-2-18-14-8-12(15)5-6-13(14)17-10-11-4-3-7-16-9-11/h3-9,17H,2,10H2,1H3. The van der Waals surface area contributed by atoms with Gasteiger partial charge in [-0.2, -0.15) is 0 Å². The van der Waals surface area contributed by atoms with E-state index in [0.29, 0.717) is 18.9 Å². The number of benzene rings is 1. The van der Waals surface area contributed by atoms with E-state index >= 15 is 0 Å². The first-order valence-corrected chi connectivity index (χ1v) is 5.84. The van der Waals surface area contributed by atoms with Gasteiger partial charge in [-0.05, 0) is 30.7 Å². The minimum atomic E-state index is -0.301. The van der Waals surface area contributed by atoms with Crippen molar-refractivity contribution in [3.63, 3.8) is 0 Å². The fraction of sp³-hybridized carbons (Fsp3) is 0.214. The maximum absolute atomic E-state index is 13.1. The number of pyridine rings is 1. The number of nitrogens with zero attached hydrogens (tertiary/aromatic N) is 1. The fourth-order valence-corrected chi connectivity index (χ4v) is 1.62. The largest absolute Gasteiger partial charge is 0.492 e. The van der Waals surface area contributed by atoms with E-state index in [2.05, 4.69) is 10.3 Å². The van der Waals surface area contributed by atoms with Gasteiger partial charge in [-0.15, -0.1) is 0 Å². The molecule has 0 saturated heterocycles. The lowest BCUT2D eigenvalue weighted by atomic mass is 10.2. The molecule has 0 unspecified atom stereocenters. The molecule has 18 heavy (non-hydrogen) atoms. The van der Waals surface area contributed by atoms with Crippen LogP contribution in [0.3, 0.4) is 0 Å². The Morgan fingerprint density at radius 1 is 1.33 bits per heavy atom. The summed E-state index contributed by atoms with van der Waals surface area (Å²) >= 11 is 0. The molecule has 2 aromatic rings. The highest BCUT2D eigenvalue weighted by atomic mass is 19.1.